The van der Waals surface area contributed by atoms with E-state index in [0.717, 1.165) is 36.1 Å². The van der Waals surface area contributed by atoms with Crippen LogP contribution in [-0.4, -0.2) is 19.9 Å². The molecule has 4 rings (SSSR count). The van der Waals surface area contributed by atoms with Crippen LogP contribution >= 0.6 is 0 Å². The van der Waals surface area contributed by atoms with Crippen LogP contribution in [0.15, 0.2) is 57.8 Å². The molecule has 1 heterocycles. The van der Waals surface area contributed by atoms with Crippen molar-refractivity contribution in [1.29, 1.82) is 0 Å². The first-order valence-electron chi connectivity index (χ1n) is 9.16. The molecular formula is C21H22N2O3S. The monoisotopic (exact) mass is 382 g/mol. The van der Waals surface area contributed by atoms with Gasteiger partial charge in [-0.15, -0.1) is 0 Å². The highest BCUT2D eigenvalue weighted by molar-refractivity contribution is 7.89. The summed E-state index contributed by atoms with van der Waals surface area (Å²) in [5.74, 6) is 1.27. The Bertz CT molecular complexity index is 1060. The number of fused-ring (bicyclic) bond motifs is 1. The van der Waals surface area contributed by atoms with E-state index in [1.165, 1.54) is 5.56 Å². The van der Waals surface area contributed by atoms with Gasteiger partial charge in [0.2, 0.25) is 15.9 Å². The number of oxazole rings is 1. The molecule has 1 aliphatic carbocycles. The van der Waals surface area contributed by atoms with Gasteiger partial charge in [0.05, 0.1) is 10.6 Å². The third-order valence-electron chi connectivity index (χ3n) is 4.95. The van der Waals surface area contributed by atoms with Crippen molar-refractivity contribution in [1.82, 2.24) is 9.71 Å². The van der Waals surface area contributed by atoms with Crippen molar-refractivity contribution >= 4 is 10.0 Å². The summed E-state index contributed by atoms with van der Waals surface area (Å²) in [6.07, 6.45) is 3.57. The van der Waals surface area contributed by atoms with E-state index in [-0.39, 0.29) is 6.54 Å². The van der Waals surface area contributed by atoms with Crippen LogP contribution in [0.25, 0.3) is 11.5 Å². The SMILES string of the molecule is Cc1oc(-c2ccccc2)nc1CCNS(=O)(=O)c1ccc2c(c1)CCC2. The molecule has 0 amide bonds. The molecule has 0 radical (unpaired) electrons. The molecule has 0 fully saturated rings. The van der Waals surface area contributed by atoms with Crippen LogP contribution in [0.2, 0.25) is 0 Å². The largest absolute Gasteiger partial charge is 0.441 e. The molecular weight excluding hydrogens is 360 g/mol. The average molecular weight is 382 g/mol. The van der Waals surface area contributed by atoms with E-state index < -0.39 is 10.0 Å². The van der Waals surface area contributed by atoms with Gasteiger partial charge in [-0.2, -0.15) is 0 Å². The molecule has 0 saturated carbocycles. The number of hydrogen-bond donors (Lipinski definition) is 1. The smallest absolute Gasteiger partial charge is 0.240 e. The van der Waals surface area contributed by atoms with E-state index >= 15 is 0 Å². The topological polar surface area (TPSA) is 72.2 Å². The van der Waals surface area contributed by atoms with E-state index in [4.69, 9.17) is 4.42 Å². The van der Waals surface area contributed by atoms with Crippen molar-refractivity contribution < 1.29 is 12.8 Å². The first kappa shape index (κ1) is 17.9. The number of rotatable bonds is 6. The summed E-state index contributed by atoms with van der Waals surface area (Å²) < 4.78 is 33.6. The number of aryl methyl sites for hydroxylation is 3. The third-order valence-corrected chi connectivity index (χ3v) is 6.41. The van der Waals surface area contributed by atoms with Gasteiger partial charge in [0, 0.05) is 18.5 Å². The van der Waals surface area contributed by atoms with Crippen molar-refractivity contribution in [2.75, 3.05) is 6.54 Å². The van der Waals surface area contributed by atoms with Crippen LogP contribution in [-0.2, 0) is 29.3 Å². The highest BCUT2D eigenvalue weighted by Gasteiger charge is 2.19. The van der Waals surface area contributed by atoms with Crippen LogP contribution in [0.5, 0.6) is 0 Å². The Morgan fingerprint density at radius 1 is 1.07 bits per heavy atom. The van der Waals surface area contributed by atoms with Gasteiger partial charge < -0.3 is 4.42 Å². The summed E-state index contributed by atoms with van der Waals surface area (Å²) in [5, 5.41) is 0. The fraction of sp³-hybridized carbons (Fsp3) is 0.286. The zero-order valence-electron chi connectivity index (χ0n) is 15.2. The van der Waals surface area contributed by atoms with Gasteiger partial charge in [0.1, 0.15) is 5.76 Å². The molecule has 0 bridgehead atoms. The zero-order valence-corrected chi connectivity index (χ0v) is 16.1. The number of hydrogen-bond acceptors (Lipinski definition) is 4. The minimum atomic E-state index is -3.52. The zero-order chi connectivity index (χ0) is 18.9. The second kappa shape index (κ2) is 7.29. The van der Waals surface area contributed by atoms with Crippen LogP contribution in [0, 0.1) is 6.92 Å². The molecule has 3 aromatic rings. The summed E-state index contributed by atoms with van der Waals surface area (Å²) in [6.45, 7) is 2.13. The quantitative estimate of drug-likeness (QED) is 0.706. The number of benzene rings is 2. The van der Waals surface area contributed by atoms with Crippen molar-refractivity contribution in [2.45, 2.75) is 37.5 Å². The molecule has 0 spiro atoms. The standard InChI is InChI=1S/C21H22N2O3S/c1-15-20(23-21(26-15)17-6-3-2-4-7-17)12-13-22-27(24,25)19-11-10-16-8-5-9-18(16)14-19/h2-4,6-7,10-11,14,22H,5,8-9,12-13H2,1H3. The van der Waals surface area contributed by atoms with E-state index in [1.54, 1.807) is 12.1 Å². The van der Waals surface area contributed by atoms with Gasteiger partial charge in [-0.25, -0.2) is 18.1 Å². The van der Waals surface area contributed by atoms with Gasteiger partial charge in [0.15, 0.2) is 0 Å². The molecule has 1 aliphatic rings. The molecule has 6 heteroatoms. The maximum Gasteiger partial charge on any atom is 0.240 e. The lowest BCUT2D eigenvalue weighted by atomic mass is 10.1. The summed E-state index contributed by atoms with van der Waals surface area (Å²) in [5.41, 5.74) is 4.09. The number of aromatic nitrogens is 1. The van der Waals surface area contributed by atoms with Gasteiger partial charge >= 0.3 is 0 Å². The molecule has 0 aliphatic heterocycles. The highest BCUT2D eigenvalue weighted by atomic mass is 32.2. The molecule has 1 aromatic heterocycles. The van der Waals surface area contributed by atoms with Crippen molar-refractivity contribution in [3.05, 3.63) is 71.1 Å². The Labute approximate surface area is 159 Å². The fourth-order valence-electron chi connectivity index (χ4n) is 3.47. The molecule has 1 N–H and O–H groups in total. The fourth-order valence-corrected chi connectivity index (χ4v) is 4.55. The van der Waals surface area contributed by atoms with Crippen LogP contribution in [0.1, 0.15) is 29.0 Å². The van der Waals surface area contributed by atoms with E-state index in [2.05, 4.69) is 9.71 Å². The number of nitrogens with zero attached hydrogens (tertiary/aromatic N) is 1. The van der Waals surface area contributed by atoms with Crippen LogP contribution in [0.3, 0.4) is 0 Å². The van der Waals surface area contributed by atoms with E-state index in [1.807, 2.05) is 43.3 Å². The van der Waals surface area contributed by atoms with Crippen molar-refractivity contribution in [3.8, 4) is 11.5 Å². The minimum Gasteiger partial charge on any atom is -0.441 e. The predicted octanol–water partition coefficient (Wildman–Crippen LogP) is 3.66. The molecule has 140 valence electrons. The Kier molecular flexibility index (Phi) is 4.85. The Balaban J connectivity index is 1.43. The van der Waals surface area contributed by atoms with Gasteiger partial charge in [0.25, 0.3) is 0 Å². The third kappa shape index (κ3) is 3.82. The first-order chi connectivity index (χ1) is 13.0. The normalized spacial score (nSPS) is 13.7. The lowest BCUT2D eigenvalue weighted by Gasteiger charge is -2.08. The van der Waals surface area contributed by atoms with Crippen molar-refractivity contribution in [2.24, 2.45) is 0 Å². The second-order valence-electron chi connectivity index (χ2n) is 6.82. The Hall–Kier alpha value is -2.44. The minimum absolute atomic E-state index is 0.279. The molecule has 5 nitrogen and oxygen atoms in total. The lowest BCUT2D eigenvalue weighted by molar-refractivity contribution is 0.538. The summed E-state index contributed by atoms with van der Waals surface area (Å²) >= 11 is 0. The Morgan fingerprint density at radius 2 is 1.85 bits per heavy atom. The molecule has 0 saturated heterocycles. The van der Waals surface area contributed by atoms with Gasteiger partial charge in [-0.3, -0.25) is 0 Å². The van der Waals surface area contributed by atoms with Gasteiger partial charge in [-0.1, -0.05) is 24.3 Å². The summed E-state index contributed by atoms with van der Waals surface area (Å²) in [6, 6.07) is 15.1. The highest BCUT2D eigenvalue weighted by Crippen LogP contribution is 2.25. The average Bonchev–Trinajstić information content (AvgIpc) is 3.28. The predicted molar refractivity (Wildman–Crippen MR) is 104 cm³/mol. The van der Waals surface area contributed by atoms with Crippen LogP contribution in [0.4, 0.5) is 0 Å². The second-order valence-corrected chi connectivity index (χ2v) is 8.59. The van der Waals surface area contributed by atoms with E-state index in [9.17, 15) is 8.42 Å². The van der Waals surface area contributed by atoms with Crippen molar-refractivity contribution in [3.63, 3.8) is 0 Å². The first-order valence-corrected chi connectivity index (χ1v) is 10.6. The molecule has 0 atom stereocenters. The maximum absolute atomic E-state index is 12.6. The maximum atomic E-state index is 12.6. The summed E-state index contributed by atoms with van der Waals surface area (Å²) in [4.78, 5) is 4.86. The van der Waals surface area contributed by atoms with Gasteiger partial charge in [-0.05, 0) is 61.6 Å². The lowest BCUT2D eigenvalue weighted by Crippen LogP contribution is -2.26. The summed E-state index contributed by atoms with van der Waals surface area (Å²) in [7, 11) is -3.52. The number of nitrogens with one attached hydrogen (secondary N) is 1. The molecule has 0 unspecified atom stereocenters. The molecule has 2 aromatic carbocycles. The Morgan fingerprint density at radius 3 is 2.67 bits per heavy atom. The van der Waals surface area contributed by atoms with E-state index in [0.29, 0.717) is 23.0 Å². The van der Waals surface area contributed by atoms with Crippen LogP contribution < -0.4 is 4.72 Å². The molecule has 27 heavy (non-hydrogen) atoms. The number of sulfonamides is 1.